The molecule has 0 bridgehead atoms. The Labute approximate surface area is 238 Å². The van der Waals surface area contributed by atoms with Gasteiger partial charge in [-0.05, 0) is 49.8 Å². The Balaban J connectivity index is 1.73. The summed E-state index contributed by atoms with van der Waals surface area (Å²) in [5, 5.41) is 2.97. The van der Waals surface area contributed by atoms with Gasteiger partial charge in [-0.2, -0.15) is 31.1 Å². The van der Waals surface area contributed by atoms with Crippen molar-refractivity contribution in [3.63, 3.8) is 0 Å². The number of ether oxygens (including phenoxy) is 1. The molecular formula is C26H31F6N3O4S2. The van der Waals surface area contributed by atoms with Crippen LogP contribution in [0, 0.1) is 5.92 Å². The largest absolute Gasteiger partial charge is 0.417 e. The Morgan fingerprint density at radius 3 is 2.34 bits per heavy atom. The van der Waals surface area contributed by atoms with E-state index in [1.54, 1.807) is 0 Å². The lowest BCUT2D eigenvalue weighted by Gasteiger charge is -2.22. The number of alkyl halides is 6. The van der Waals surface area contributed by atoms with Gasteiger partial charge in [0.25, 0.3) is 5.91 Å². The number of amides is 1. The summed E-state index contributed by atoms with van der Waals surface area (Å²) in [6.07, 6.45) is -3.60. The smallest absolute Gasteiger partial charge is 0.381 e. The molecule has 1 saturated heterocycles. The molecule has 0 radical (unpaired) electrons. The van der Waals surface area contributed by atoms with Crippen LogP contribution in [0.2, 0.25) is 0 Å². The van der Waals surface area contributed by atoms with Crippen LogP contribution in [0.4, 0.5) is 26.3 Å². The molecule has 1 aliphatic carbocycles. The number of thiazole rings is 1. The molecule has 1 amide bonds. The number of halogens is 6. The molecular weight excluding hydrogens is 596 g/mol. The third kappa shape index (κ3) is 7.99. The van der Waals surface area contributed by atoms with Gasteiger partial charge in [0.2, 0.25) is 10.0 Å². The van der Waals surface area contributed by atoms with Crippen molar-refractivity contribution >= 4 is 27.3 Å². The molecule has 2 heterocycles. The molecule has 15 heteroatoms. The van der Waals surface area contributed by atoms with Crippen molar-refractivity contribution < 1.29 is 44.3 Å². The van der Waals surface area contributed by atoms with Crippen molar-refractivity contribution in [2.75, 3.05) is 13.2 Å². The van der Waals surface area contributed by atoms with Crippen molar-refractivity contribution in [3.8, 4) is 10.4 Å². The van der Waals surface area contributed by atoms with Gasteiger partial charge in [-0.25, -0.2) is 13.4 Å². The van der Waals surface area contributed by atoms with Crippen LogP contribution in [-0.2, 0) is 27.4 Å². The first-order valence-electron chi connectivity index (χ1n) is 13.3. The van der Waals surface area contributed by atoms with Crippen LogP contribution >= 0.6 is 11.3 Å². The maximum Gasteiger partial charge on any atom is 0.417 e. The van der Waals surface area contributed by atoms with Gasteiger partial charge in [0.1, 0.15) is 6.04 Å². The first-order chi connectivity index (χ1) is 19.1. The van der Waals surface area contributed by atoms with Crippen LogP contribution in [0.5, 0.6) is 0 Å². The van der Waals surface area contributed by atoms with E-state index in [0.717, 1.165) is 49.5 Å². The van der Waals surface area contributed by atoms with Crippen LogP contribution in [0.15, 0.2) is 23.1 Å². The van der Waals surface area contributed by atoms with E-state index < -0.39 is 44.8 Å². The predicted molar refractivity (Wildman–Crippen MR) is 140 cm³/mol. The minimum atomic E-state index is -5.20. The van der Waals surface area contributed by atoms with Crippen molar-refractivity contribution in [2.24, 2.45) is 5.92 Å². The van der Waals surface area contributed by atoms with E-state index in [0.29, 0.717) is 62.1 Å². The second kappa shape index (κ2) is 12.6. The van der Waals surface area contributed by atoms with Gasteiger partial charge in [-0.15, -0.1) is 11.3 Å². The number of benzene rings is 1. The molecule has 2 N–H and O–H groups in total. The molecule has 0 spiro atoms. The highest BCUT2D eigenvalue weighted by atomic mass is 32.2. The molecule has 1 aliphatic heterocycles. The molecule has 0 unspecified atom stereocenters. The Morgan fingerprint density at radius 1 is 1.07 bits per heavy atom. The first-order valence-corrected chi connectivity index (χ1v) is 15.6. The lowest BCUT2D eigenvalue weighted by molar-refractivity contribution is -0.147. The summed E-state index contributed by atoms with van der Waals surface area (Å²) in [6, 6.07) is -0.368. The summed E-state index contributed by atoms with van der Waals surface area (Å²) in [6.45, 7) is 1.49. The van der Waals surface area contributed by atoms with Gasteiger partial charge >= 0.3 is 12.4 Å². The summed E-state index contributed by atoms with van der Waals surface area (Å²) in [5.74, 6) is -0.232. The van der Waals surface area contributed by atoms with Gasteiger partial charge in [0.15, 0.2) is 5.01 Å². The second-order valence-electron chi connectivity index (χ2n) is 10.5. The predicted octanol–water partition coefficient (Wildman–Crippen LogP) is 6.09. The van der Waals surface area contributed by atoms with E-state index >= 15 is 0 Å². The minimum absolute atomic E-state index is 0.0198. The van der Waals surface area contributed by atoms with Gasteiger partial charge in [0.05, 0.1) is 21.0 Å². The van der Waals surface area contributed by atoms with Crippen LogP contribution in [0.3, 0.4) is 0 Å². The van der Waals surface area contributed by atoms with Gasteiger partial charge in [0, 0.05) is 19.3 Å². The van der Waals surface area contributed by atoms with E-state index in [1.165, 1.54) is 4.72 Å². The third-order valence-electron chi connectivity index (χ3n) is 7.31. The number of carbonyl (C=O) groups is 1. The topological polar surface area (TPSA) is 97.4 Å². The summed E-state index contributed by atoms with van der Waals surface area (Å²) in [7, 11) is -5.19. The minimum Gasteiger partial charge on any atom is -0.381 e. The van der Waals surface area contributed by atoms with Crippen LogP contribution in [0.1, 0.15) is 72.9 Å². The zero-order valence-corrected chi connectivity index (χ0v) is 23.8. The molecule has 4 rings (SSSR count). The standard InChI is InChI=1S/C26H31F6N3O4S2/c1-15(25(27,28)29)35-41(37,38)21-8-7-17(14-19(21)26(30,31)32)22-20(13-16-5-3-2-4-6-16)34-24(40-22)23(36)33-18-9-11-39-12-10-18/h7-8,14-16,18,35H,2-6,9-13H2,1H3,(H,33,36)/t15-/m0/s1. The van der Waals surface area contributed by atoms with Gasteiger partial charge in [-0.1, -0.05) is 38.2 Å². The molecule has 228 valence electrons. The average Bonchev–Trinajstić information content (AvgIpc) is 3.32. The maximum absolute atomic E-state index is 14.1. The van der Waals surface area contributed by atoms with Crippen molar-refractivity contribution in [3.05, 3.63) is 34.5 Å². The van der Waals surface area contributed by atoms with Crippen molar-refractivity contribution in [1.29, 1.82) is 0 Å². The highest BCUT2D eigenvalue weighted by Gasteiger charge is 2.42. The Hall–Kier alpha value is -2.23. The fourth-order valence-corrected chi connectivity index (χ4v) is 7.49. The summed E-state index contributed by atoms with van der Waals surface area (Å²) in [4.78, 5) is 16.5. The molecule has 7 nitrogen and oxygen atoms in total. The van der Waals surface area contributed by atoms with Crippen LogP contribution in [-0.4, -0.2) is 50.8 Å². The molecule has 1 saturated carbocycles. The number of hydrogen-bond donors (Lipinski definition) is 2. The number of carbonyl (C=O) groups excluding carboxylic acids is 1. The van der Waals surface area contributed by atoms with Crippen LogP contribution in [0.25, 0.3) is 10.4 Å². The lowest BCUT2D eigenvalue weighted by Crippen LogP contribution is -2.43. The van der Waals surface area contributed by atoms with Crippen molar-refractivity contribution in [2.45, 2.75) is 87.6 Å². The SMILES string of the molecule is C[C@H](NS(=O)(=O)c1ccc(-c2sc(C(=O)NC3CCOCC3)nc2CC2CCCCC2)cc1C(F)(F)F)C(F)(F)F. The Morgan fingerprint density at radius 2 is 1.73 bits per heavy atom. The molecule has 1 aromatic carbocycles. The number of nitrogens with zero attached hydrogens (tertiary/aromatic N) is 1. The molecule has 1 atom stereocenters. The fourth-order valence-electron chi connectivity index (χ4n) is 5.06. The normalized spacial score (nSPS) is 18.8. The second-order valence-corrected chi connectivity index (χ2v) is 13.1. The molecule has 2 aliphatic rings. The van der Waals surface area contributed by atoms with Gasteiger partial charge < -0.3 is 10.1 Å². The van der Waals surface area contributed by atoms with E-state index in [-0.39, 0.29) is 22.5 Å². The van der Waals surface area contributed by atoms with Crippen molar-refractivity contribution in [1.82, 2.24) is 15.0 Å². The molecule has 41 heavy (non-hydrogen) atoms. The summed E-state index contributed by atoms with van der Waals surface area (Å²) in [5.41, 5.74) is -1.19. The van der Waals surface area contributed by atoms with Gasteiger partial charge in [-0.3, -0.25) is 4.79 Å². The van der Waals surface area contributed by atoms with E-state index in [1.807, 2.05) is 0 Å². The zero-order valence-electron chi connectivity index (χ0n) is 22.2. The average molecular weight is 628 g/mol. The zero-order chi connectivity index (χ0) is 30.0. The maximum atomic E-state index is 14.1. The van der Waals surface area contributed by atoms with E-state index in [2.05, 4.69) is 10.3 Å². The number of aromatic nitrogens is 1. The number of hydrogen-bond acceptors (Lipinski definition) is 6. The Bertz CT molecular complexity index is 1330. The molecule has 1 aromatic heterocycles. The van der Waals surface area contributed by atoms with E-state index in [9.17, 15) is 39.6 Å². The highest BCUT2D eigenvalue weighted by Crippen LogP contribution is 2.41. The quantitative estimate of drug-likeness (QED) is 0.346. The monoisotopic (exact) mass is 627 g/mol. The lowest BCUT2D eigenvalue weighted by atomic mass is 9.85. The first kappa shape index (κ1) is 31.7. The number of nitrogens with one attached hydrogen (secondary N) is 2. The summed E-state index contributed by atoms with van der Waals surface area (Å²) >= 11 is 0.909. The highest BCUT2D eigenvalue weighted by molar-refractivity contribution is 7.89. The molecule has 2 fully saturated rings. The summed E-state index contributed by atoms with van der Waals surface area (Å²) < 4.78 is 113. The van der Waals surface area contributed by atoms with E-state index in [4.69, 9.17) is 4.74 Å². The van der Waals surface area contributed by atoms with Crippen LogP contribution < -0.4 is 10.0 Å². The Kier molecular flexibility index (Phi) is 9.71. The molecule has 2 aromatic rings. The number of rotatable bonds is 8. The third-order valence-corrected chi connectivity index (χ3v) is 10.1. The fraction of sp³-hybridized carbons (Fsp3) is 0.615. The number of sulfonamides is 1.